The van der Waals surface area contributed by atoms with E-state index in [1.807, 2.05) is 43.3 Å². The molecule has 0 heterocycles. The average Bonchev–Trinajstić information content (AvgIpc) is 2.60. The third-order valence-corrected chi connectivity index (χ3v) is 3.73. The van der Waals surface area contributed by atoms with E-state index in [4.69, 9.17) is 14.2 Å². The van der Waals surface area contributed by atoms with Crippen molar-refractivity contribution in [1.29, 1.82) is 5.26 Å². The summed E-state index contributed by atoms with van der Waals surface area (Å²) in [4.78, 5) is 0. The highest BCUT2D eigenvalue weighted by molar-refractivity contribution is 5.44. The Morgan fingerprint density at radius 3 is 2.48 bits per heavy atom. The van der Waals surface area contributed by atoms with E-state index < -0.39 is 0 Å². The number of nitrogens with zero attached hydrogens (tertiary/aromatic N) is 1. The Morgan fingerprint density at radius 2 is 1.83 bits per heavy atom. The van der Waals surface area contributed by atoms with Crippen molar-refractivity contribution in [3.63, 3.8) is 0 Å². The van der Waals surface area contributed by atoms with Crippen LogP contribution in [0.25, 0.3) is 0 Å². The molecule has 1 atom stereocenters. The lowest BCUT2D eigenvalue weighted by Gasteiger charge is -2.15. The molecular weight excluding hydrogens is 290 g/mol. The molecule has 0 bridgehead atoms. The van der Waals surface area contributed by atoms with E-state index in [0.717, 1.165) is 16.9 Å². The predicted octanol–water partition coefficient (Wildman–Crippen LogP) is 4.09. The van der Waals surface area contributed by atoms with E-state index in [1.165, 1.54) is 0 Å². The molecule has 0 amide bonds. The van der Waals surface area contributed by atoms with Crippen LogP contribution in [-0.2, 0) is 0 Å². The van der Waals surface area contributed by atoms with Crippen LogP contribution in [0.15, 0.2) is 42.5 Å². The van der Waals surface area contributed by atoms with Crippen LogP contribution in [0.4, 0.5) is 0 Å². The van der Waals surface area contributed by atoms with Gasteiger partial charge in [0, 0.05) is 18.1 Å². The third-order valence-electron chi connectivity index (χ3n) is 3.73. The molecule has 0 fully saturated rings. The maximum Gasteiger partial charge on any atom is 0.127 e. The lowest BCUT2D eigenvalue weighted by molar-refractivity contribution is 0.302. The summed E-state index contributed by atoms with van der Waals surface area (Å²) in [6.45, 7) is 2.47. The van der Waals surface area contributed by atoms with Crippen molar-refractivity contribution in [3.8, 4) is 23.3 Å². The highest BCUT2D eigenvalue weighted by atomic mass is 16.5. The van der Waals surface area contributed by atoms with Crippen LogP contribution >= 0.6 is 0 Å². The zero-order valence-electron chi connectivity index (χ0n) is 13.7. The number of methoxy groups -OCH3 is 2. The number of rotatable bonds is 7. The zero-order valence-corrected chi connectivity index (χ0v) is 13.7. The summed E-state index contributed by atoms with van der Waals surface area (Å²) in [7, 11) is 3.20. The Kier molecular flexibility index (Phi) is 5.87. The summed E-state index contributed by atoms with van der Waals surface area (Å²) in [5, 5.41) is 9.49. The minimum absolute atomic E-state index is 0.292. The number of hydrogen-bond donors (Lipinski definition) is 0. The van der Waals surface area contributed by atoms with Crippen LogP contribution in [0, 0.1) is 18.3 Å². The van der Waals surface area contributed by atoms with Crippen LogP contribution in [0.1, 0.15) is 23.5 Å². The zero-order chi connectivity index (χ0) is 16.7. The van der Waals surface area contributed by atoms with Crippen molar-refractivity contribution < 1.29 is 14.2 Å². The fourth-order valence-corrected chi connectivity index (χ4v) is 2.40. The summed E-state index contributed by atoms with van der Waals surface area (Å²) in [5.41, 5.74) is 1.94. The molecule has 4 heteroatoms. The van der Waals surface area contributed by atoms with Gasteiger partial charge in [-0.2, -0.15) is 5.26 Å². The summed E-state index contributed by atoms with van der Waals surface area (Å²) >= 11 is 0. The first-order valence-corrected chi connectivity index (χ1v) is 7.49. The maximum atomic E-state index is 9.49. The van der Waals surface area contributed by atoms with E-state index in [9.17, 15) is 5.26 Å². The second-order valence-corrected chi connectivity index (χ2v) is 5.19. The van der Waals surface area contributed by atoms with Crippen molar-refractivity contribution in [1.82, 2.24) is 0 Å². The van der Waals surface area contributed by atoms with E-state index in [-0.39, 0.29) is 5.92 Å². The second kappa shape index (κ2) is 8.09. The Labute approximate surface area is 137 Å². The highest BCUT2D eigenvalue weighted by Crippen LogP contribution is 2.32. The Morgan fingerprint density at radius 1 is 1.04 bits per heavy atom. The largest absolute Gasteiger partial charge is 0.497 e. The van der Waals surface area contributed by atoms with Gasteiger partial charge in [0.2, 0.25) is 0 Å². The van der Waals surface area contributed by atoms with E-state index in [1.54, 1.807) is 20.3 Å². The van der Waals surface area contributed by atoms with Crippen molar-refractivity contribution in [3.05, 3.63) is 53.6 Å². The highest BCUT2D eigenvalue weighted by Gasteiger charge is 2.17. The minimum Gasteiger partial charge on any atom is -0.497 e. The molecule has 23 heavy (non-hydrogen) atoms. The Bertz CT molecular complexity index is 691. The van der Waals surface area contributed by atoms with Gasteiger partial charge in [-0.25, -0.2) is 0 Å². The maximum absolute atomic E-state index is 9.49. The number of nitriles is 1. The number of para-hydroxylation sites is 1. The van der Waals surface area contributed by atoms with E-state index >= 15 is 0 Å². The normalized spacial score (nSPS) is 11.4. The first-order valence-electron chi connectivity index (χ1n) is 7.49. The lowest BCUT2D eigenvalue weighted by Crippen LogP contribution is -2.06. The van der Waals surface area contributed by atoms with Gasteiger partial charge in [0.05, 0.1) is 32.8 Å². The molecule has 1 unspecified atom stereocenters. The quantitative estimate of drug-likeness (QED) is 0.773. The minimum atomic E-state index is -0.292. The molecule has 0 aliphatic rings. The van der Waals surface area contributed by atoms with Gasteiger partial charge in [-0.3, -0.25) is 0 Å². The molecule has 2 rings (SSSR count). The fraction of sp³-hybridized carbons (Fsp3) is 0.316. The van der Waals surface area contributed by atoms with Crippen molar-refractivity contribution >= 4 is 0 Å². The van der Waals surface area contributed by atoms with Crippen LogP contribution in [0.5, 0.6) is 17.2 Å². The molecule has 0 aliphatic carbocycles. The van der Waals surface area contributed by atoms with Crippen LogP contribution < -0.4 is 14.2 Å². The first-order chi connectivity index (χ1) is 11.2. The molecule has 0 N–H and O–H groups in total. The van der Waals surface area contributed by atoms with Gasteiger partial charge in [-0.05, 0) is 24.6 Å². The van der Waals surface area contributed by atoms with Gasteiger partial charge >= 0.3 is 0 Å². The Hall–Kier alpha value is -2.67. The van der Waals surface area contributed by atoms with Crippen LogP contribution in [0.2, 0.25) is 0 Å². The van der Waals surface area contributed by atoms with Gasteiger partial charge in [0.15, 0.2) is 0 Å². The molecule has 0 saturated carbocycles. The fourth-order valence-electron chi connectivity index (χ4n) is 2.40. The standard InChI is InChI=1S/C19H21NO3/c1-14-6-4-5-7-18(14)23-11-10-15(13-20)17-9-8-16(21-2)12-19(17)22-3/h4-9,12,15H,10-11H2,1-3H3. The van der Waals surface area contributed by atoms with Crippen molar-refractivity contribution in [2.45, 2.75) is 19.3 Å². The summed E-state index contributed by atoms with van der Waals surface area (Å²) in [5.74, 6) is 1.93. The summed E-state index contributed by atoms with van der Waals surface area (Å²) < 4.78 is 16.4. The molecule has 0 saturated heterocycles. The van der Waals surface area contributed by atoms with Gasteiger partial charge in [0.1, 0.15) is 17.2 Å². The number of benzene rings is 2. The monoisotopic (exact) mass is 311 g/mol. The predicted molar refractivity (Wildman–Crippen MR) is 89.2 cm³/mol. The molecular formula is C19H21NO3. The molecule has 0 spiro atoms. The molecule has 0 aliphatic heterocycles. The molecule has 4 nitrogen and oxygen atoms in total. The molecule has 0 radical (unpaired) electrons. The number of ether oxygens (including phenoxy) is 3. The smallest absolute Gasteiger partial charge is 0.127 e. The van der Waals surface area contributed by atoms with Crippen LogP contribution in [-0.4, -0.2) is 20.8 Å². The Balaban J connectivity index is 2.06. The van der Waals surface area contributed by atoms with Gasteiger partial charge in [0.25, 0.3) is 0 Å². The first kappa shape index (κ1) is 16.7. The topological polar surface area (TPSA) is 51.5 Å². The number of hydrogen-bond acceptors (Lipinski definition) is 4. The third kappa shape index (κ3) is 4.17. The van der Waals surface area contributed by atoms with Crippen molar-refractivity contribution in [2.24, 2.45) is 0 Å². The summed E-state index contributed by atoms with van der Waals surface area (Å²) in [6.07, 6.45) is 0.591. The molecule has 2 aromatic carbocycles. The van der Waals surface area contributed by atoms with Gasteiger partial charge in [-0.15, -0.1) is 0 Å². The average molecular weight is 311 g/mol. The number of aryl methyl sites for hydroxylation is 1. The van der Waals surface area contributed by atoms with Crippen molar-refractivity contribution in [2.75, 3.05) is 20.8 Å². The summed E-state index contributed by atoms with van der Waals surface area (Å²) in [6, 6.07) is 15.7. The van der Waals surface area contributed by atoms with Gasteiger partial charge in [-0.1, -0.05) is 24.3 Å². The van der Waals surface area contributed by atoms with Crippen LogP contribution in [0.3, 0.4) is 0 Å². The lowest BCUT2D eigenvalue weighted by atomic mass is 9.96. The SMILES string of the molecule is COc1ccc(C(C#N)CCOc2ccccc2C)c(OC)c1. The van der Waals surface area contributed by atoms with E-state index in [0.29, 0.717) is 24.5 Å². The van der Waals surface area contributed by atoms with Gasteiger partial charge < -0.3 is 14.2 Å². The second-order valence-electron chi connectivity index (χ2n) is 5.19. The molecule has 0 aromatic heterocycles. The molecule has 120 valence electrons. The molecule has 2 aromatic rings. The van der Waals surface area contributed by atoms with E-state index in [2.05, 4.69) is 6.07 Å².